The Hall–Kier alpha value is -0.560. The van der Waals surface area contributed by atoms with Crippen molar-refractivity contribution >= 4 is 11.6 Å². The largest absolute Gasteiger partial charge is 0.205 e. The van der Waals surface area contributed by atoms with Gasteiger partial charge < -0.3 is 0 Å². The predicted molar refractivity (Wildman–Crippen MR) is 57.4 cm³/mol. The van der Waals surface area contributed by atoms with Gasteiger partial charge in [0.05, 0.1) is 5.03 Å². The van der Waals surface area contributed by atoms with Crippen molar-refractivity contribution in [1.29, 1.82) is 0 Å². The van der Waals surface area contributed by atoms with E-state index in [1.165, 1.54) is 0 Å². The number of hydrogen-bond donors (Lipinski definition) is 0. The van der Waals surface area contributed by atoms with E-state index < -0.39 is 5.83 Å². The Morgan fingerprint density at radius 3 is 2.46 bits per heavy atom. The minimum Gasteiger partial charge on any atom is -0.205 e. The summed E-state index contributed by atoms with van der Waals surface area (Å²) in [5, 5.41) is 0.107. The van der Waals surface area contributed by atoms with Gasteiger partial charge in [-0.2, -0.15) is 0 Å². The van der Waals surface area contributed by atoms with Crippen molar-refractivity contribution in [3.63, 3.8) is 0 Å². The normalized spacial score (nSPS) is 12.7. The summed E-state index contributed by atoms with van der Waals surface area (Å²) in [6, 6.07) is 0. The summed E-state index contributed by atoms with van der Waals surface area (Å²) in [5.41, 5.74) is 0.646. The van der Waals surface area contributed by atoms with E-state index in [1.54, 1.807) is 0 Å². The highest BCUT2D eigenvalue weighted by Gasteiger charge is 2.05. The maximum absolute atomic E-state index is 12.9. The molecule has 0 aromatic carbocycles. The predicted octanol–water partition coefficient (Wildman–Crippen LogP) is 4.58. The number of halogens is 2. The van der Waals surface area contributed by atoms with Crippen LogP contribution in [0.25, 0.3) is 0 Å². The van der Waals surface area contributed by atoms with Crippen LogP contribution in [0.5, 0.6) is 0 Å². The van der Waals surface area contributed by atoms with Gasteiger partial charge in [-0.05, 0) is 30.4 Å². The van der Waals surface area contributed by atoms with Crippen molar-refractivity contribution in [3.8, 4) is 0 Å². The van der Waals surface area contributed by atoms with Gasteiger partial charge >= 0.3 is 0 Å². The first-order chi connectivity index (χ1) is 5.99. The molecule has 0 aliphatic carbocycles. The number of rotatable bonds is 5. The molecule has 2 heteroatoms. The van der Waals surface area contributed by atoms with Gasteiger partial charge in [0.1, 0.15) is 5.83 Å². The second kappa shape index (κ2) is 5.98. The summed E-state index contributed by atoms with van der Waals surface area (Å²) in [6.07, 6.45) is 2.81. The molecule has 0 unspecified atom stereocenters. The molecule has 0 N–H and O–H groups in total. The van der Waals surface area contributed by atoms with E-state index in [9.17, 15) is 4.39 Å². The molecule has 0 rings (SSSR count). The molecular formula is C11H16ClF. The molecule has 0 fully saturated rings. The van der Waals surface area contributed by atoms with Crippen molar-refractivity contribution in [2.45, 2.75) is 26.7 Å². The van der Waals surface area contributed by atoms with Crippen LogP contribution in [0.15, 0.2) is 35.7 Å². The van der Waals surface area contributed by atoms with Crippen molar-refractivity contribution in [3.05, 3.63) is 35.7 Å². The molecule has 0 saturated carbocycles. The van der Waals surface area contributed by atoms with Crippen molar-refractivity contribution in [2.24, 2.45) is 5.92 Å². The number of allylic oxidation sites excluding steroid dienone is 4. The topological polar surface area (TPSA) is 0 Å². The van der Waals surface area contributed by atoms with Gasteiger partial charge in [-0.3, -0.25) is 0 Å². The highest BCUT2D eigenvalue weighted by atomic mass is 35.5. The first-order valence-electron chi connectivity index (χ1n) is 4.34. The van der Waals surface area contributed by atoms with Crippen LogP contribution < -0.4 is 0 Å². The lowest BCUT2D eigenvalue weighted by Gasteiger charge is -2.06. The minimum absolute atomic E-state index is 0.107. The molecule has 0 atom stereocenters. The van der Waals surface area contributed by atoms with Gasteiger partial charge in [-0.25, -0.2) is 4.39 Å². The van der Waals surface area contributed by atoms with Gasteiger partial charge in [0.15, 0.2) is 0 Å². The van der Waals surface area contributed by atoms with E-state index in [0.29, 0.717) is 11.5 Å². The van der Waals surface area contributed by atoms with Crippen molar-refractivity contribution in [2.75, 3.05) is 0 Å². The fourth-order valence-corrected chi connectivity index (χ4v) is 1.00. The molecule has 0 amide bonds. The average molecular weight is 203 g/mol. The van der Waals surface area contributed by atoms with E-state index in [2.05, 4.69) is 27.0 Å². The zero-order valence-corrected chi connectivity index (χ0v) is 8.99. The van der Waals surface area contributed by atoms with Crippen LogP contribution in [0.4, 0.5) is 4.39 Å². The van der Waals surface area contributed by atoms with E-state index >= 15 is 0 Å². The summed E-state index contributed by atoms with van der Waals surface area (Å²) in [4.78, 5) is 0. The highest BCUT2D eigenvalue weighted by molar-refractivity contribution is 6.32. The molecule has 0 aliphatic heterocycles. The molecule has 0 saturated heterocycles. The fraction of sp³-hybridized carbons (Fsp3) is 0.455. The third-order valence-corrected chi connectivity index (χ3v) is 2.17. The molecule has 13 heavy (non-hydrogen) atoms. The van der Waals surface area contributed by atoms with Crippen molar-refractivity contribution < 1.29 is 4.39 Å². The SMILES string of the molecule is C=C/C(F)=C(/Cl)C(=C)CCC(C)C. The zero-order chi connectivity index (χ0) is 10.4. The maximum atomic E-state index is 12.9. The van der Waals surface area contributed by atoms with Gasteiger partial charge in [0.25, 0.3) is 0 Å². The van der Waals surface area contributed by atoms with Gasteiger partial charge in [0, 0.05) is 0 Å². The fourth-order valence-electron chi connectivity index (χ4n) is 0.831. The lowest BCUT2D eigenvalue weighted by Crippen LogP contribution is -1.90. The number of hydrogen-bond acceptors (Lipinski definition) is 0. The summed E-state index contributed by atoms with van der Waals surface area (Å²) in [6.45, 7) is 11.2. The van der Waals surface area contributed by atoms with Crippen LogP contribution in [0.2, 0.25) is 0 Å². The van der Waals surface area contributed by atoms with Crippen LogP contribution in [-0.4, -0.2) is 0 Å². The Labute approximate surface area is 84.8 Å². The summed E-state index contributed by atoms with van der Waals surface area (Å²) >= 11 is 5.70. The van der Waals surface area contributed by atoms with E-state index in [1.807, 2.05) is 0 Å². The standard InChI is InChI=1S/C11H16ClF/c1-5-10(13)11(12)9(4)7-6-8(2)3/h5,8H,1,4,6-7H2,2-3H3/b11-10-. The molecule has 0 radical (unpaired) electrons. The quantitative estimate of drug-likeness (QED) is 0.573. The van der Waals surface area contributed by atoms with Crippen LogP contribution in [0.3, 0.4) is 0 Å². The molecule has 0 aromatic rings. The second-order valence-electron chi connectivity index (χ2n) is 3.40. The second-order valence-corrected chi connectivity index (χ2v) is 3.78. The van der Waals surface area contributed by atoms with E-state index in [4.69, 9.17) is 11.6 Å². The lowest BCUT2D eigenvalue weighted by molar-refractivity contribution is 0.585. The minimum atomic E-state index is -0.490. The molecule has 0 heterocycles. The third-order valence-electron chi connectivity index (χ3n) is 1.72. The molecule has 0 spiro atoms. The van der Waals surface area contributed by atoms with Gasteiger partial charge in [0.2, 0.25) is 0 Å². The van der Waals surface area contributed by atoms with Crippen LogP contribution in [-0.2, 0) is 0 Å². The Balaban J connectivity index is 4.20. The third kappa shape index (κ3) is 4.89. The van der Waals surface area contributed by atoms with Crippen LogP contribution >= 0.6 is 11.6 Å². The van der Waals surface area contributed by atoms with E-state index in [0.717, 1.165) is 18.9 Å². The Kier molecular flexibility index (Phi) is 5.72. The first-order valence-corrected chi connectivity index (χ1v) is 4.72. The average Bonchev–Trinajstić information content (AvgIpc) is 2.11. The van der Waals surface area contributed by atoms with Gasteiger partial charge in [-0.15, -0.1) is 0 Å². The Morgan fingerprint density at radius 1 is 1.54 bits per heavy atom. The summed E-state index contributed by atoms with van der Waals surface area (Å²) in [7, 11) is 0. The molecule has 0 nitrogen and oxygen atoms in total. The molecule has 0 aromatic heterocycles. The molecule has 0 bridgehead atoms. The molecular weight excluding hydrogens is 187 g/mol. The molecule has 74 valence electrons. The highest BCUT2D eigenvalue weighted by Crippen LogP contribution is 2.24. The van der Waals surface area contributed by atoms with Gasteiger partial charge in [-0.1, -0.05) is 38.6 Å². The van der Waals surface area contributed by atoms with Crippen LogP contribution in [0.1, 0.15) is 26.7 Å². The summed E-state index contributed by atoms with van der Waals surface area (Å²) < 4.78 is 12.9. The van der Waals surface area contributed by atoms with Crippen LogP contribution in [0, 0.1) is 5.92 Å². The van der Waals surface area contributed by atoms with E-state index in [-0.39, 0.29) is 5.03 Å². The monoisotopic (exact) mass is 202 g/mol. The Bertz CT molecular complexity index is 226. The smallest absolute Gasteiger partial charge is 0.141 e. The summed E-state index contributed by atoms with van der Waals surface area (Å²) in [5.74, 6) is 0.0865. The molecule has 0 aliphatic rings. The maximum Gasteiger partial charge on any atom is 0.141 e. The lowest BCUT2D eigenvalue weighted by atomic mass is 10.0. The zero-order valence-electron chi connectivity index (χ0n) is 8.24. The van der Waals surface area contributed by atoms with Crippen molar-refractivity contribution in [1.82, 2.24) is 0 Å². The first kappa shape index (κ1) is 12.4. The Morgan fingerprint density at radius 2 is 2.08 bits per heavy atom.